The molecule has 1 saturated carbocycles. The van der Waals surface area contributed by atoms with E-state index in [-0.39, 0.29) is 23.9 Å². The number of esters is 1. The second-order valence-electron chi connectivity index (χ2n) is 11.5. The first kappa shape index (κ1) is 27.3. The molecule has 0 saturated heterocycles. The van der Waals surface area contributed by atoms with Gasteiger partial charge >= 0.3 is 5.97 Å². The average Bonchev–Trinajstić information content (AvgIpc) is 3.22. The summed E-state index contributed by atoms with van der Waals surface area (Å²) in [7, 11) is 5.65. The zero-order valence-corrected chi connectivity index (χ0v) is 22.9. The van der Waals surface area contributed by atoms with Gasteiger partial charge in [-0.2, -0.15) is 0 Å². The topological polar surface area (TPSA) is 45.1 Å². The highest BCUT2D eigenvalue weighted by Crippen LogP contribution is 2.46. The van der Waals surface area contributed by atoms with Crippen molar-refractivity contribution in [3.05, 3.63) is 71.5 Å². The molecule has 2 aliphatic rings. The van der Waals surface area contributed by atoms with Crippen LogP contribution in [0.25, 0.3) is 0 Å². The van der Waals surface area contributed by atoms with Gasteiger partial charge in [0.1, 0.15) is 5.82 Å². The van der Waals surface area contributed by atoms with Crippen LogP contribution < -0.4 is 0 Å². The van der Waals surface area contributed by atoms with E-state index in [1.807, 2.05) is 18.5 Å². The third kappa shape index (κ3) is 5.90. The molecule has 3 unspecified atom stereocenters. The first-order valence-electron chi connectivity index (χ1n) is 13.6. The molecule has 6 heteroatoms. The second kappa shape index (κ2) is 11.8. The molecule has 0 spiro atoms. The number of benzene rings is 2. The molecular weight excluding hydrogens is 465 g/mol. The molecule has 5 nitrogen and oxygen atoms in total. The van der Waals surface area contributed by atoms with Crippen LogP contribution in [-0.2, 0) is 16.1 Å². The number of carbonyl (C=O) groups is 1. The van der Waals surface area contributed by atoms with Crippen molar-refractivity contribution in [2.75, 3.05) is 21.2 Å². The van der Waals surface area contributed by atoms with Crippen LogP contribution in [0.4, 0.5) is 4.39 Å². The van der Waals surface area contributed by atoms with Gasteiger partial charge in [-0.05, 0) is 87.2 Å². The first-order chi connectivity index (χ1) is 17.7. The van der Waals surface area contributed by atoms with Crippen molar-refractivity contribution in [3.63, 3.8) is 0 Å². The maximum absolute atomic E-state index is 14.1. The van der Waals surface area contributed by atoms with E-state index in [1.54, 1.807) is 12.1 Å². The highest BCUT2D eigenvalue weighted by Gasteiger charge is 2.55. The van der Waals surface area contributed by atoms with Crippen LogP contribution >= 0.6 is 0 Å². The van der Waals surface area contributed by atoms with Gasteiger partial charge in [0.25, 0.3) is 0 Å². The number of hydrogen-bond donors (Lipinski definition) is 0. The van der Waals surface area contributed by atoms with E-state index in [1.165, 1.54) is 18.7 Å². The maximum atomic E-state index is 14.1. The van der Waals surface area contributed by atoms with Crippen LogP contribution in [0.15, 0.2) is 59.6 Å². The number of aliphatic imine (C=N–C) groups is 1. The minimum atomic E-state index is -0.890. The molecule has 0 radical (unpaired) electrons. The molecule has 1 heterocycles. The average molecular weight is 508 g/mol. The molecule has 4 rings (SSSR count). The molecule has 37 heavy (non-hydrogen) atoms. The van der Waals surface area contributed by atoms with E-state index in [0.717, 1.165) is 37.8 Å². The van der Waals surface area contributed by atoms with Gasteiger partial charge in [0.2, 0.25) is 0 Å². The van der Waals surface area contributed by atoms with E-state index < -0.39 is 5.54 Å². The number of carbonyl (C=O) groups excluding carboxylic acids is 1. The Morgan fingerprint density at radius 2 is 1.81 bits per heavy atom. The quantitative estimate of drug-likeness (QED) is 0.385. The Balaban J connectivity index is 1.60. The summed E-state index contributed by atoms with van der Waals surface area (Å²) in [5.74, 6) is 0.629. The number of methoxy groups -OCH3 is 1. The summed E-state index contributed by atoms with van der Waals surface area (Å²) in [6.45, 7) is 5.01. The Hall–Kier alpha value is -2.73. The smallest absolute Gasteiger partial charge is 0.335 e. The summed E-state index contributed by atoms with van der Waals surface area (Å²) >= 11 is 0. The van der Waals surface area contributed by atoms with E-state index in [2.05, 4.69) is 62.0 Å². The summed E-state index contributed by atoms with van der Waals surface area (Å²) in [4.78, 5) is 22.8. The molecule has 0 aromatic heterocycles. The molecule has 200 valence electrons. The van der Waals surface area contributed by atoms with Crippen molar-refractivity contribution in [3.8, 4) is 0 Å². The number of rotatable bonds is 9. The normalized spacial score (nSPS) is 26.6. The molecule has 1 fully saturated rings. The largest absolute Gasteiger partial charge is 0.467 e. The Morgan fingerprint density at radius 1 is 1.11 bits per heavy atom. The predicted octanol–water partition coefficient (Wildman–Crippen LogP) is 6.11. The van der Waals surface area contributed by atoms with E-state index in [9.17, 15) is 9.18 Å². The number of nitrogens with zero attached hydrogens (tertiary/aromatic N) is 3. The van der Waals surface area contributed by atoms with Gasteiger partial charge in [0.15, 0.2) is 5.54 Å². The summed E-state index contributed by atoms with van der Waals surface area (Å²) < 4.78 is 19.5. The molecule has 1 aliphatic carbocycles. The third-order valence-corrected chi connectivity index (χ3v) is 8.21. The van der Waals surface area contributed by atoms with Crippen molar-refractivity contribution < 1.29 is 13.9 Å². The van der Waals surface area contributed by atoms with E-state index in [4.69, 9.17) is 9.73 Å². The second-order valence-corrected chi connectivity index (χ2v) is 11.5. The van der Waals surface area contributed by atoms with Crippen LogP contribution in [0.1, 0.15) is 63.1 Å². The van der Waals surface area contributed by atoms with Gasteiger partial charge in [-0.15, -0.1) is 0 Å². The van der Waals surface area contributed by atoms with Crippen molar-refractivity contribution in [1.29, 1.82) is 0 Å². The monoisotopic (exact) mass is 507 g/mol. The fourth-order valence-electron chi connectivity index (χ4n) is 6.88. The van der Waals surface area contributed by atoms with Crippen LogP contribution in [-0.4, -0.2) is 54.9 Å². The molecular formula is C31H42FN3O2. The predicted molar refractivity (Wildman–Crippen MR) is 147 cm³/mol. The third-order valence-electron chi connectivity index (χ3n) is 8.21. The van der Waals surface area contributed by atoms with E-state index in [0.29, 0.717) is 24.2 Å². The molecule has 0 N–H and O–H groups in total. The summed E-state index contributed by atoms with van der Waals surface area (Å²) in [5.41, 5.74) is 1.35. The van der Waals surface area contributed by atoms with Crippen molar-refractivity contribution in [2.45, 2.75) is 70.1 Å². The van der Waals surface area contributed by atoms with Crippen molar-refractivity contribution >= 4 is 12.3 Å². The minimum absolute atomic E-state index is 0.0459. The molecule has 2 aromatic carbocycles. The van der Waals surface area contributed by atoms with Gasteiger partial charge in [0.05, 0.1) is 19.5 Å². The molecule has 2 aromatic rings. The number of halogens is 1. The lowest BCUT2D eigenvalue weighted by Gasteiger charge is -2.45. The Labute approximate surface area is 221 Å². The highest BCUT2D eigenvalue weighted by atomic mass is 19.1. The van der Waals surface area contributed by atoms with Gasteiger partial charge in [-0.25, -0.2) is 9.18 Å². The van der Waals surface area contributed by atoms with E-state index >= 15 is 0 Å². The lowest BCUT2D eigenvalue weighted by Crippen LogP contribution is -2.56. The molecule has 1 aliphatic heterocycles. The first-order valence-corrected chi connectivity index (χ1v) is 13.6. The maximum Gasteiger partial charge on any atom is 0.335 e. The zero-order valence-electron chi connectivity index (χ0n) is 22.9. The van der Waals surface area contributed by atoms with Gasteiger partial charge in [-0.1, -0.05) is 56.3 Å². The zero-order chi connectivity index (χ0) is 26.6. The van der Waals surface area contributed by atoms with Gasteiger partial charge in [-0.3, -0.25) is 4.99 Å². The minimum Gasteiger partial charge on any atom is -0.467 e. The highest BCUT2D eigenvalue weighted by molar-refractivity contribution is 5.86. The fraction of sp³-hybridized carbons (Fsp3) is 0.548. The van der Waals surface area contributed by atoms with Crippen LogP contribution in [0, 0.1) is 23.6 Å². The molecule has 0 amide bonds. The molecule has 3 atom stereocenters. The van der Waals surface area contributed by atoms with Gasteiger partial charge < -0.3 is 14.5 Å². The summed E-state index contributed by atoms with van der Waals surface area (Å²) in [6.07, 6.45) is 6.62. The fourth-order valence-corrected chi connectivity index (χ4v) is 6.88. The SMILES string of the molecule is COC(=O)C1(CC(C)C)N=CN(Cc2ccccc2)C1C1CCC(C(c2cccc(F)c2)N(C)C)CC1. The lowest BCUT2D eigenvalue weighted by atomic mass is 9.68. The lowest BCUT2D eigenvalue weighted by molar-refractivity contribution is -0.150. The van der Waals surface area contributed by atoms with Crippen LogP contribution in [0.2, 0.25) is 0 Å². The van der Waals surface area contributed by atoms with Crippen LogP contribution in [0.5, 0.6) is 0 Å². The summed E-state index contributed by atoms with van der Waals surface area (Å²) in [6, 6.07) is 17.5. The summed E-state index contributed by atoms with van der Waals surface area (Å²) in [5, 5.41) is 0. The Kier molecular flexibility index (Phi) is 8.68. The van der Waals surface area contributed by atoms with Crippen LogP contribution in [0.3, 0.4) is 0 Å². The van der Waals surface area contributed by atoms with Crippen molar-refractivity contribution in [2.24, 2.45) is 22.7 Å². The molecule has 0 bridgehead atoms. The number of ether oxygens (including phenoxy) is 1. The standard InChI is InChI=1S/C31H42FN3O2/c1-22(2)19-31(30(36)37-5)29(35(21-33-31)20-23-10-7-6-8-11-23)25-16-14-24(15-17-25)28(34(3)4)26-12-9-13-27(32)18-26/h6-13,18,21-22,24-25,28-29H,14-17,19-20H2,1-5H3. The number of hydrogen-bond acceptors (Lipinski definition) is 5. The Morgan fingerprint density at radius 3 is 2.41 bits per heavy atom. The van der Waals surface area contributed by atoms with Crippen molar-refractivity contribution in [1.82, 2.24) is 9.80 Å². The Bertz CT molecular complexity index is 1070. The van der Waals surface area contributed by atoms with Gasteiger partial charge in [0, 0.05) is 12.6 Å².